The lowest BCUT2D eigenvalue weighted by molar-refractivity contribution is -0.119. The number of carbonyl (C=O) groups excluding carboxylic acids is 2. The number of rotatable bonds is 9. The molecule has 0 aliphatic carbocycles. The molecule has 1 fully saturated rings. The second kappa shape index (κ2) is 11.7. The van der Waals surface area contributed by atoms with Crippen LogP contribution in [0.15, 0.2) is 36.4 Å². The maximum absolute atomic E-state index is 12.6. The summed E-state index contributed by atoms with van der Waals surface area (Å²) in [5.74, 6) is -0.696. The van der Waals surface area contributed by atoms with Crippen molar-refractivity contribution in [2.24, 2.45) is 5.73 Å². The molecule has 0 spiro atoms. The second-order valence-corrected chi connectivity index (χ2v) is 8.77. The van der Waals surface area contributed by atoms with Crippen molar-refractivity contribution in [1.82, 2.24) is 15.1 Å². The Morgan fingerprint density at radius 3 is 2.38 bits per heavy atom. The van der Waals surface area contributed by atoms with E-state index in [1.165, 1.54) is 6.07 Å². The van der Waals surface area contributed by atoms with Crippen LogP contribution in [0.5, 0.6) is 5.75 Å². The summed E-state index contributed by atoms with van der Waals surface area (Å²) in [6.07, 6.45) is 0. The molecule has 10 heteroatoms. The van der Waals surface area contributed by atoms with Crippen LogP contribution in [0.1, 0.15) is 15.9 Å². The van der Waals surface area contributed by atoms with Crippen molar-refractivity contribution >= 4 is 46.6 Å². The van der Waals surface area contributed by atoms with Crippen molar-refractivity contribution in [1.29, 1.82) is 0 Å². The average Bonchev–Trinajstić information content (AvgIpc) is 2.76. The number of halogens is 3. The van der Waals surface area contributed by atoms with Gasteiger partial charge in [0.25, 0.3) is 11.8 Å². The predicted molar refractivity (Wildman–Crippen MR) is 127 cm³/mol. The van der Waals surface area contributed by atoms with E-state index in [4.69, 9.17) is 45.3 Å². The van der Waals surface area contributed by atoms with Crippen LogP contribution < -0.4 is 15.8 Å². The molecule has 0 aromatic heterocycles. The van der Waals surface area contributed by atoms with E-state index in [2.05, 4.69) is 15.1 Å². The zero-order valence-corrected chi connectivity index (χ0v) is 19.7. The first kappa shape index (κ1) is 24.6. The number of piperazine rings is 1. The lowest BCUT2D eigenvalue weighted by Crippen LogP contribution is -2.48. The molecule has 172 valence electrons. The van der Waals surface area contributed by atoms with Crippen molar-refractivity contribution in [3.05, 3.63) is 62.6 Å². The molecule has 0 atom stereocenters. The molecule has 3 N–H and O–H groups in total. The minimum Gasteiger partial charge on any atom is -0.483 e. The molecule has 2 amide bonds. The van der Waals surface area contributed by atoms with Crippen LogP contribution in [0.3, 0.4) is 0 Å². The van der Waals surface area contributed by atoms with Crippen molar-refractivity contribution in [3.63, 3.8) is 0 Å². The largest absolute Gasteiger partial charge is 0.483 e. The van der Waals surface area contributed by atoms with Gasteiger partial charge < -0.3 is 15.8 Å². The van der Waals surface area contributed by atoms with Gasteiger partial charge in [0, 0.05) is 50.8 Å². The number of primary amides is 1. The maximum atomic E-state index is 12.6. The quantitative estimate of drug-likeness (QED) is 0.554. The van der Waals surface area contributed by atoms with Gasteiger partial charge in [0.15, 0.2) is 6.61 Å². The maximum Gasteiger partial charge on any atom is 0.255 e. The molecule has 2 aromatic carbocycles. The van der Waals surface area contributed by atoms with E-state index in [1.54, 1.807) is 12.1 Å². The molecule has 7 nitrogen and oxygen atoms in total. The van der Waals surface area contributed by atoms with Crippen LogP contribution in [0.4, 0.5) is 0 Å². The van der Waals surface area contributed by atoms with E-state index in [0.717, 1.165) is 44.8 Å². The van der Waals surface area contributed by atoms with E-state index < -0.39 is 5.91 Å². The number of amides is 2. The summed E-state index contributed by atoms with van der Waals surface area (Å²) < 4.78 is 5.32. The number of nitrogens with two attached hydrogens (primary N) is 1. The van der Waals surface area contributed by atoms with E-state index in [1.807, 2.05) is 18.2 Å². The zero-order chi connectivity index (χ0) is 23.1. The Morgan fingerprint density at radius 2 is 1.69 bits per heavy atom. The van der Waals surface area contributed by atoms with Crippen LogP contribution >= 0.6 is 34.8 Å². The van der Waals surface area contributed by atoms with Gasteiger partial charge >= 0.3 is 0 Å². The number of hydrogen-bond acceptors (Lipinski definition) is 5. The van der Waals surface area contributed by atoms with Crippen LogP contribution in [0.2, 0.25) is 15.1 Å². The summed E-state index contributed by atoms with van der Waals surface area (Å²) in [5, 5.41) is 4.43. The van der Waals surface area contributed by atoms with Gasteiger partial charge in [0.2, 0.25) is 0 Å². The summed E-state index contributed by atoms with van der Waals surface area (Å²) in [5.41, 5.74) is 6.56. The summed E-state index contributed by atoms with van der Waals surface area (Å²) in [7, 11) is 0. The van der Waals surface area contributed by atoms with Crippen LogP contribution in [-0.4, -0.2) is 67.5 Å². The third-order valence-electron chi connectivity index (χ3n) is 5.13. The third kappa shape index (κ3) is 7.25. The molecule has 0 bridgehead atoms. The van der Waals surface area contributed by atoms with Crippen molar-refractivity contribution in [3.8, 4) is 5.75 Å². The number of nitrogens with one attached hydrogen (secondary N) is 1. The highest BCUT2D eigenvalue weighted by Gasteiger charge is 2.18. The molecular formula is C22H25Cl3N4O3. The van der Waals surface area contributed by atoms with Gasteiger partial charge in [-0.05, 0) is 35.9 Å². The average molecular weight is 500 g/mol. The monoisotopic (exact) mass is 498 g/mol. The first-order valence-corrected chi connectivity index (χ1v) is 11.3. The number of carbonyl (C=O) groups is 2. The fraction of sp³-hybridized carbons (Fsp3) is 0.364. The fourth-order valence-corrected chi connectivity index (χ4v) is 3.92. The van der Waals surface area contributed by atoms with Crippen LogP contribution in [-0.2, 0) is 11.3 Å². The highest BCUT2D eigenvalue weighted by atomic mass is 35.5. The van der Waals surface area contributed by atoms with Crippen molar-refractivity contribution in [2.45, 2.75) is 6.54 Å². The number of nitrogens with zero attached hydrogens (tertiary/aromatic N) is 2. The third-order valence-corrected chi connectivity index (χ3v) is 6.10. The fourth-order valence-electron chi connectivity index (χ4n) is 3.44. The number of benzene rings is 2. The predicted octanol–water partition coefficient (Wildman–Crippen LogP) is 3.06. The molecule has 0 saturated carbocycles. The van der Waals surface area contributed by atoms with E-state index in [9.17, 15) is 9.59 Å². The summed E-state index contributed by atoms with van der Waals surface area (Å²) >= 11 is 18.1. The Labute approximate surface area is 202 Å². The Hall–Kier alpha value is -2.03. The first-order valence-electron chi connectivity index (χ1n) is 10.2. The topological polar surface area (TPSA) is 87.9 Å². The van der Waals surface area contributed by atoms with Crippen LogP contribution in [0, 0.1) is 0 Å². The lowest BCUT2D eigenvalue weighted by atomic mass is 10.2. The van der Waals surface area contributed by atoms with Crippen molar-refractivity contribution in [2.75, 3.05) is 45.9 Å². The molecule has 0 unspecified atom stereocenters. The minimum absolute atomic E-state index is 0.227. The molecule has 1 heterocycles. The summed E-state index contributed by atoms with van der Waals surface area (Å²) in [6.45, 7) is 5.39. The van der Waals surface area contributed by atoms with E-state index in [0.29, 0.717) is 27.2 Å². The van der Waals surface area contributed by atoms with E-state index >= 15 is 0 Å². The highest BCUT2D eigenvalue weighted by Crippen LogP contribution is 2.24. The summed E-state index contributed by atoms with van der Waals surface area (Å²) in [6, 6.07) is 10.4. The minimum atomic E-state index is -0.630. The molecule has 2 aromatic rings. The Bertz CT molecular complexity index is 965. The molecule has 1 aliphatic heterocycles. The molecule has 3 rings (SSSR count). The van der Waals surface area contributed by atoms with Gasteiger partial charge in [-0.1, -0.05) is 40.9 Å². The first-order chi connectivity index (χ1) is 15.3. The van der Waals surface area contributed by atoms with E-state index in [-0.39, 0.29) is 18.3 Å². The van der Waals surface area contributed by atoms with Gasteiger partial charge in [0.05, 0.1) is 15.6 Å². The SMILES string of the molecule is NC(=O)COc1cc(Cl)ccc1C(=O)NCCN1CCN(Cc2ccc(Cl)c(Cl)c2)CC1. The molecule has 32 heavy (non-hydrogen) atoms. The van der Waals surface area contributed by atoms with Gasteiger partial charge in [-0.2, -0.15) is 0 Å². The van der Waals surface area contributed by atoms with Crippen LogP contribution in [0.25, 0.3) is 0 Å². The Morgan fingerprint density at radius 1 is 0.969 bits per heavy atom. The standard InChI is InChI=1S/C22H25Cl3N4O3/c23-16-2-3-17(20(12-16)32-14-21(26)30)22(31)27-5-6-28-7-9-29(10-8-28)13-15-1-4-18(24)19(25)11-15/h1-4,11-12H,5-10,13-14H2,(H2,26,30)(H,27,31). The molecular weight excluding hydrogens is 475 g/mol. The van der Waals surface area contributed by atoms with Crippen molar-refractivity contribution < 1.29 is 14.3 Å². The molecule has 1 aliphatic rings. The zero-order valence-electron chi connectivity index (χ0n) is 17.5. The molecule has 1 saturated heterocycles. The van der Waals surface area contributed by atoms with Gasteiger partial charge in [-0.15, -0.1) is 0 Å². The normalized spacial score (nSPS) is 14.8. The van der Waals surface area contributed by atoms with Gasteiger partial charge in [-0.25, -0.2) is 0 Å². The lowest BCUT2D eigenvalue weighted by Gasteiger charge is -2.34. The van der Waals surface area contributed by atoms with Gasteiger partial charge in [0.1, 0.15) is 5.75 Å². The Kier molecular flexibility index (Phi) is 9.02. The van der Waals surface area contributed by atoms with Gasteiger partial charge in [-0.3, -0.25) is 19.4 Å². The second-order valence-electron chi connectivity index (χ2n) is 7.52. The Balaban J connectivity index is 1.43. The molecule has 0 radical (unpaired) electrons. The smallest absolute Gasteiger partial charge is 0.255 e. The highest BCUT2D eigenvalue weighted by molar-refractivity contribution is 6.42. The number of ether oxygens (including phenoxy) is 1. The summed E-state index contributed by atoms with van der Waals surface area (Å²) in [4.78, 5) is 28.2. The number of hydrogen-bond donors (Lipinski definition) is 2.